The van der Waals surface area contributed by atoms with Crippen molar-refractivity contribution in [3.8, 4) is 0 Å². The van der Waals surface area contributed by atoms with E-state index in [4.69, 9.17) is 11.1 Å². The van der Waals surface area contributed by atoms with Gasteiger partial charge in [-0.3, -0.25) is 5.41 Å². The van der Waals surface area contributed by atoms with Crippen molar-refractivity contribution in [2.45, 2.75) is 23.9 Å². The topological polar surface area (TPSA) is 78.6 Å². The largest absolute Gasteiger partial charge is 0.384 e. The van der Waals surface area contributed by atoms with Gasteiger partial charge in [0.05, 0.1) is 11.0 Å². The maximum atomic E-state index is 7.71. The average Bonchev–Trinajstić information content (AvgIpc) is 2.82. The summed E-state index contributed by atoms with van der Waals surface area (Å²) in [6, 6.07) is 11.9. The first-order chi connectivity index (χ1) is 10.0. The summed E-state index contributed by atoms with van der Waals surface area (Å²) in [7, 11) is 0. The van der Waals surface area contributed by atoms with Crippen LogP contribution in [0.5, 0.6) is 0 Å². The monoisotopic (exact) mass is 296 g/mol. The van der Waals surface area contributed by atoms with E-state index in [9.17, 15) is 0 Å². The minimum absolute atomic E-state index is 0.0770. The van der Waals surface area contributed by atoms with Crippen LogP contribution >= 0.6 is 11.8 Å². The Labute approximate surface area is 127 Å². The second-order valence-corrected chi connectivity index (χ2v) is 6.03. The molecule has 4 nitrogen and oxygen atoms in total. The molecule has 0 saturated heterocycles. The highest BCUT2D eigenvalue weighted by Crippen LogP contribution is 2.32. The molecule has 2 aromatic carbocycles. The molecule has 0 bridgehead atoms. The normalized spacial score (nSPS) is 11.0. The first-order valence-corrected chi connectivity index (χ1v) is 7.44. The summed E-state index contributed by atoms with van der Waals surface area (Å²) in [5, 5.41) is 8.52. The van der Waals surface area contributed by atoms with Gasteiger partial charge < -0.3 is 10.7 Å². The molecule has 1 heterocycles. The third kappa shape index (κ3) is 2.64. The molecule has 5 heteroatoms. The molecular formula is C16H16N4S. The van der Waals surface area contributed by atoms with Gasteiger partial charge in [0.1, 0.15) is 5.84 Å². The van der Waals surface area contributed by atoms with Gasteiger partial charge in [0, 0.05) is 10.5 Å². The van der Waals surface area contributed by atoms with E-state index in [1.807, 2.05) is 37.3 Å². The summed E-state index contributed by atoms with van der Waals surface area (Å²) in [6.07, 6.45) is 0. The van der Waals surface area contributed by atoms with E-state index in [0.29, 0.717) is 0 Å². The summed E-state index contributed by atoms with van der Waals surface area (Å²) < 4.78 is 0. The van der Waals surface area contributed by atoms with Crippen LogP contribution in [0.3, 0.4) is 0 Å². The van der Waals surface area contributed by atoms with Crippen molar-refractivity contribution in [3.63, 3.8) is 0 Å². The number of nitrogens with zero attached hydrogens (tertiary/aromatic N) is 1. The Morgan fingerprint density at radius 1 is 1.24 bits per heavy atom. The number of nitrogens with one attached hydrogen (secondary N) is 2. The number of rotatable bonds is 3. The van der Waals surface area contributed by atoms with E-state index in [0.717, 1.165) is 32.2 Å². The summed E-state index contributed by atoms with van der Waals surface area (Å²) in [4.78, 5) is 8.88. The minimum atomic E-state index is 0.0770. The molecule has 0 aliphatic carbocycles. The molecule has 0 aliphatic rings. The molecule has 3 rings (SSSR count). The van der Waals surface area contributed by atoms with Crippen LogP contribution in [0.25, 0.3) is 11.0 Å². The average molecular weight is 296 g/mol. The highest BCUT2D eigenvalue weighted by Gasteiger charge is 2.12. The number of fused-ring (bicyclic) bond motifs is 1. The number of hydrogen-bond donors (Lipinski definition) is 3. The zero-order valence-electron chi connectivity index (χ0n) is 11.9. The number of amidine groups is 1. The molecule has 0 fully saturated rings. The molecule has 106 valence electrons. The highest BCUT2D eigenvalue weighted by molar-refractivity contribution is 7.99. The molecular weight excluding hydrogens is 280 g/mol. The number of aromatic amines is 1. The van der Waals surface area contributed by atoms with E-state index >= 15 is 0 Å². The standard InChI is InChI=1S/C16H16N4S/c1-9-6-7-12-13(8-9)20-16(19-12)21-14-10(2)4-3-5-11(14)15(17)18/h3-8H,1-2H3,(H3,17,18)(H,19,20). The van der Waals surface area contributed by atoms with Crippen molar-refractivity contribution in [1.29, 1.82) is 5.41 Å². The number of nitrogen functional groups attached to an aromatic ring is 1. The lowest BCUT2D eigenvalue weighted by atomic mass is 10.1. The fourth-order valence-electron chi connectivity index (χ4n) is 2.25. The lowest BCUT2D eigenvalue weighted by Crippen LogP contribution is -2.12. The number of aryl methyl sites for hydroxylation is 2. The van der Waals surface area contributed by atoms with Crippen LogP contribution in [0.2, 0.25) is 0 Å². The molecule has 0 atom stereocenters. The van der Waals surface area contributed by atoms with Crippen molar-refractivity contribution >= 4 is 28.6 Å². The van der Waals surface area contributed by atoms with E-state index < -0.39 is 0 Å². The maximum absolute atomic E-state index is 7.71. The van der Waals surface area contributed by atoms with E-state index in [1.54, 1.807) is 0 Å². The fraction of sp³-hybridized carbons (Fsp3) is 0.125. The molecule has 3 aromatic rings. The van der Waals surface area contributed by atoms with Crippen molar-refractivity contribution < 1.29 is 0 Å². The van der Waals surface area contributed by atoms with Crippen molar-refractivity contribution in [3.05, 3.63) is 53.1 Å². The second kappa shape index (κ2) is 5.26. The second-order valence-electron chi connectivity index (χ2n) is 5.03. The summed E-state index contributed by atoms with van der Waals surface area (Å²) >= 11 is 1.51. The molecule has 0 amide bonds. The van der Waals surface area contributed by atoms with Gasteiger partial charge in [-0.1, -0.05) is 36.0 Å². The maximum Gasteiger partial charge on any atom is 0.171 e. The minimum Gasteiger partial charge on any atom is -0.384 e. The van der Waals surface area contributed by atoms with Crippen LogP contribution < -0.4 is 5.73 Å². The molecule has 0 radical (unpaired) electrons. The predicted molar refractivity (Wildman–Crippen MR) is 87.1 cm³/mol. The Hall–Kier alpha value is -2.27. The third-order valence-corrected chi connectivity index (χ3v) is 4.45. The van der Waals surface area contributed by atoms with Gasteiger partial charge in [0.25, 0.3) is 0 Å². The van der Waals surface area contributed by atoms with E-state index in [1.165, 1.54) is 17.3 Å². The molecule has 4 N–H and O–H groups in total. The van der Waals surface area contributed by atoms with E-state index in [2.05, 4.69) is 23.0 Å². The number of benzene rings is 2. The van der Waals surface area contributed by atoms with Gasteiger partial charge in [-0.2, -0.15) is 0 Å². The number of H-pyrrole nitrogens is 1. The molecule has 0 saturated carbocycles. The van der Waals surface area contributed by atoms with Crippen molar-refractivity contribution in [2.75, 3.05) is 0 Å². The molecule has 0 aliphatic heterocycles. The van der Waals surface area contributed by atoms with Crippen LogP contribution in [0.15, 0.2) is 46.5 Å². The first kappa shape index (κ1) is 13.7. The van der Waals surface area contributed by atoms with Gasteiger partial charge in [0.2, 0.25) is 0 Å². The quantitative estimate of drug-likeness (QED) is 0.510. The number of nitrogens with two attached hydrogens (primary N) is 1. The Balaban J connectivity index is 2.04. The number of hydrogen-bond acceptors (Lipinski definition) is 3. The van der Waals surface area contributed by atoms with Gasteiger partial charge in [-0.05, 0) is 37.1 Å². The summed E-state index contributed by atoms with van der Waals surface area (Å²) in [6.45, 7) is 4.07. The number of imidazole rings is 1. The van der Waals surface area contributed by atoms with Gasteiger partial charge in [0.15, 0.2) is 5.16 Å². The Kier molecular flexibility index (Phi) is 3.43. The van der Waals surface area contributed by atoms with Crippen molar-refractivity contribution in [1.82, 2.24) is 9.97 Å². The van der Waals surface area contributed by atoms with Crippen LogP contribution in [0.4, 0.5) is 0 Å². The lowest BCUT2D eigenvalue weighted by molar-refractivity contribution is 1.07. The van der Waals surface area contributed by atoms with Gasteiger partial charge in [-0.15, -0.1) is 0 Å². The Bertz CT molecular complexity index is 835. The Morgan fingerprint density at radius 2 is 2.05 bits per heavy atom. The van der Waals surface area contributed by atoms with Crippen molar-refractivity contribution in [2.24, 2.45) is 5.73 Å². The zero-order chi connectivity index (χ0) is 15.0. The molecule has 21 heavy (non-hydrogen) atoms. The summed E-state index contributed by atoms with van der Waals surface area (Å²) in [5.41, 5.74) is 10.7. The highest BCUT2D eigenvalue weighted by atomic mass is 32.2. The molecule has 1 aromatic heterocycles. The van der Waals surface area contributed by atoms with Gasteiger partial charge in [-0.25, -0.2) is 4.98 Å². The Morgan fingerprint density at radius 3 is 2.81 bits per heavy atom. The van der Waals surface area contributed by atoms with Crippen LogP contribution in [-0.2, 0) is 0 Å². The third-order valence-electron chi connectivity index (χ3n) is 3.32. The summed E-state index contributed by atoms with van der Waals surface area (Å²) in [5.74, 6) is 0.0770. The van der Waals surface area contributed by atoms with Crippen LogP contribution in [0.1, 0.15) is 16.7 Å². The van der Waals surface area contributed by atoms with E-state index in [-0.39, 0.29) is 5.84 Å². The molecule has 0 spiro atoms. The SMILES string of the molecule is Cc1ccc2nc(Sc3c(C)cccc3C(=N)N)[nH]c2c1. The zero-order valence-corrected chi connectivity index (χ0v) is 12.7. The molecule has 0 unspecified atom stereocenters. The predicted octanol–water partition coefficient (Wildman–Crippen LogP) is 3.62. The first-order valence-electron chi connectivity index (χ1n) is 6.63. The number of aromatic nitrogens is 2. The van der Waals surface area contributed by atoms with Gasteiger partial charge >= 0.3 is 0 Å². The smallest absolute Gasteiger partial charge is 0.171 e. The van der Waals surface area contributed by atoms with Crippen LogP contribution in [-0.4, -0.2) is 15.8 Å². The van der Waals surface area contributed by atoms with Crippen LogP contribution in [0, 0.1) is 19.3 Å². The lowest BCUT2D eigenvalue weighted by Gasteiger charge is -2.09. The fourth-order valence-corrected chi connectivity index (χ4v) is 3.26.